The number of aromatic nitrogens is 1. The Kier molecular flexibility index (Phi) is 9.55. The number of carbonyl (C=O) groups excluding carboxylic acids is 2. The van der Waals surface area contributed by atoms with Crippen LogP contribution in [0.1, 0.15) is 21.5 Å². The maximum Gasteiger partial charge on any atom is 0.271 e. The van der Waals surface area contributed by atoms with Crippen LogP contribution in [0, 0.1) is 12.7 Å². The zero-order valence-corrected chi connectivity index (χ0v) is 25.2. The van der Waals surface area contributed by atoms with Crippen molar-refractivity contribution in [3.05, 3.63) is 123 Å². The van der Waals surface area contributed by atoms with E-state index in [-0.39, 0.29) is 24.2 Å². The number of aryl methyl sites for hydroxylation is 1. The van der Waals surface area contributed by atoms with Gasteiger partial charge in [-0.15, -0.1) is 11.3 Å². The Morgan fingerprint density at radius 1 is 0.977 bits per heavy atom. The van der Waals surface area contributed by atoms with Crippen LogP contribution in [-0.4, -0.2) is 29.6 Å². The summed E-state index contributed by atoms with van der Waals surface area (Å²) < 4.78 is 19.2. The van der Waals surface area contributed by atoms with Crippen LogP contribution >= 0.6 is 27.3 Å². The van der Waals surface area contributed by atoms with Gasteiger partial charge in [0.2, 0.25) is 0 Å². The highest BCUT2D eigenvalue weighted by Crippen LogP contribution is 2.28. The van der Waals surface area contributed by atoms with Crippen LogP contribution in [0.4, 0.5) is 20.9 Å². The van der Waals surface area contributed by atoms with E-state index < -0.39 is 0 Å². The minimum Gasteiger partial charge on any atom is -0.483 e. The largest absolute Gasteiger partial charge is 0.483 e. The number of hydrazone groups is 1. The van der Waals surface area contributed by atoms with Gasteiger partial charge in [-0.2, -0.15) is 5.10 Å². The number of carbonyl (C=O) groups is 2. The standard InChI is InChI=1S/C32H25BrFN5O3S/c1-20-2-11-26(12-3-20)37-32-38-28(19-43-32)22-5-7-23(8-6-22)31(41)39-35-17-21-4-15-29(27(33)16-21)42-18-30(40)36-25-13-9-24(34)10-14-25/h2-17,19H,18H2,1H3,(H,36,40)(H,37,38)(H,39,41)/b35-17+. The molecule has 2 amide bonds. The van der Waals surface area contributed by atoms with Crippen LogP contribution in [-0.2, 0) is 4.79 Å². The number of nitrogens with one attached hydrogen (secondary N) is 3. The maximum absolute atomic E-state index is 13.0. The van der Waals surface area contributed by atoms with Crippen molar-refractivity contribution in [3.63, 3.8) is 0 Å². The molecule has 0 aliphatic heterocycles. The van der Waals surface area contributed by atoms with Gasteiger partial charge < -0.3 is 15.4 Å². The van der Waals surface area contributed by atoms with Crippen molar-refractivity contribution in [3.8, 4) is 17.0 Å². The minimum absolute atomic E-state index is 0.230. The summed E-state index contributed by atoms with van der Waals surface area (Å²) in [6.45, 7) is 1.81. The number of ether oxygens (including phenoxy) is 1. The molecule has 0 atom stereocenters. The summed E-state index contributed by atoms with van der Waals surface area (Å²) in [7, 11) is 0. The molecule has 3 N–H and O–H groups in total. The van der Waals surface area contributed by atoms with Gasteiger partial charge in [0.15, 0.2) is 11.7 Å². The van der Waals surface area contributed by atoms with Gasteiger partial charge in [0, 0.05) is 27.9 Å². The van der Waals surface area contributed by atoms with Crippen molar-refractivity contribution in [1.82, 2.24) is 10.4 Å². The third-order valence-electron chi connectivity index (χ3n) is 6.07. The van der Waals surface area contributed by atoms with E-state index in [1.807, 2.05) is 48.7 Å². The molecule has 8 nitrogen and oxygen atoms in total. The molecular weight excluding hydrogens is 633 g/mol. The number of rotatable bonds is 10. The summed E-state index contributed by atoms with van der Waals surface area (Å²) >= 11 is 4.93. The molecule has 0 unspecified atom stereocenters. The highest BCUT2D eigenvalue weighted by molar-refractivity contribution is 9.10. The molecule has 0 saturated heterocycles. The molecule has 0 spiro atoms. The Balaban J connectivity index is 1.10. The SMILES string of the molecule is Cc1ccc(Nc2nc(-c3ccc(C(=O)N/N=C/c4ccc(OCC(=O)Nc5ccc(F)cc5)c(Br)c4)cc3)cs2)cc1. The molecule has 0 radical (unpaired) electrons. The van der Waals surface area contributed by atoms with Crippen molar-refractivity contribution in [2.45, 2.75) is 6.92 Å². The lowest BCUT2D eigenvalue weighted by Gasteiger charge is -2.09. The molecule has 1 heterocycles. The molecule has 0 fully saturated rings. The van der Waals surface area contributed by atoms with Crippen molar-refractivity contribution >= 4 is 61.8 Å². The number of anilines is 3. The van der Waals surface area contributed by atoms with E-state index in [9.17, 15) is 14.0 Å². The summed E-state index contributed by atoms with van der Waals surface area (Å²) in [5, 5.41) is 12.7. The summed E-state index contributed by atoms with van der Waals surface area (Å²) in [6.07, 6.45) is 1.50. The smallest absolute Gasteiger partial charge is 0.271 e. The van der Waals surface area contributed by atoms with Gasteiger partial charge >= 0.3 is 0 Å². The van der Waals surface area contributed by atoms with E-state index in [0.717, 1.165) is 22.1 Å². The lowest BCUT2D eigenvalue weighted by atomic mass is 10.1. The summed E-state index contributed by atoms with van der Waals surface area (Å²) in [5.74, 6) is -0.668. The molecule has 11 heteroatoms. The topological polar surface area (TPSA) is 105 Å². The fourth-order valence-corrected chi connectivity index (χ4v) is 5.09. The molecule has 0 aliphatic carbocycles. The Morgan fingerprint density at radius 2 is 1.70 bits per heavy atom. The molecule has 5 rings (SSSR count). The quantitative estimate of drug-likeness (QED) is 0.106. The molecular formula is C32H25BrFN5O3S. The Bertz CT molecular complexity index is 1760. The summed E-state index contributed by atoms with van der Waals surface area (Å²) in [4.78, 5) is 29.4. The number of hydrogen-bond donors (Lipinski definition) is 3. The summed E-state index contributed by atoms with van der Waals surface area (Å²) in [5.41, 5.74) is 8.03. The predicted octanol–water partition coefficient (Wildman–Crippen LogP) is 7.55. The number of amides is 2. The average Bonchev–Trinajstić information content (AvgIpc) is 3.47. The Hall–Kier alpha value is -4.87. The molecule has 5 aromatic rings. The van der Waals surface area contributed by atoms with Crippen molar-refractivity contribution in [2.24, 2.45) is 5.10 Å². The first-order chi connectivity index (χ1) is 20.8. The third kappa shape index (κ3) is 8.34. The molecule has 216 valence electrons. The fraction of sp³-hybridized carbons (Fsp3) is 0.0625. The van der Waals surface area contributed by atoms with Gasteiger partial charge in [-0.05, 0) is 95.1 Å². The maximum atomic E-state index is 13.0. The normalized spacial score (nSPS) is 10.9. The second-order valence-electron chi connectivity index (χ2n) is 9.34. The number of nitrogens with zero attached hydrogens (tertiary/aromatic N) is 2. The van der Waals surface area contributed by atoms with Crippen LogP contribution in [0.3, 0.4) is 0 Å². The zero-order chi connectivity index (χ0) is 30.2. The van der Waals surface area contributed by atoms with E-state index in [1.54, 1.807) is 30.3 Å². The lowest BCUT2D eigenvalue weighted by molar-refractivity contribution is -0.118. The van der Waals surface area contributed by atoms with E-state index in [1.165, 1.54) is 47.4 Å². The van der Waals surface area contributed by atoms with E-state index in [0.29, 0.717) is 27.0 Å². The minimum atomic E-state index is -0.385. The first kappa shape index (κ1) is 29.6. The third-order valence-corrected chi connectivity index (χ3v) is 7.45. The highest BCUT2D eigenvalue weighted by atomic mass is 79.9. The van der Waals surface area contributed by atoms with Gasteiger partial charge in [0.25, 0.3) is 11.8 Å². The molecule has 0 aliphatic rings. The van der Waals surface area contributed by atoms with Crippen LogP contribution < -0.4 is 20.8 Å². The van der Waals surface area contributed by atoms with E-state index in [2.05, 4.69) is 42.1 Å². The number of hydrogen-bond acceptors (Lipinski definition) is 7. The second-order valence-corrected chi connectivity index (χ2v) is 11.1. The van der Waals surface area contributed by atoms with Crippen molar-refractivity contribution < 1.29 is 18.7 Å². The summed E-state index contributed by atoms with van der Waals surface area (Å²) in [6, 6.07) is 25.9. The second kappa shape index (κ2) is 13.9. The fourth-order valence-electron chi connectivity index (χ4n) is 3.83. The lowest BCUT2D eigenvalue weighted by Crippen LogP contribution is -2.20. The number of benzene rings is 4. The first-order valence-electron chi connectivity index (χ1n) is 13.0. The van der Waals surface area contributed by atoms with Gasteiger partial charge in [-0.25, -0.2) is 14.8 Å². The van der Waals surface area contributed by atoms with Gasteiger partial charge in [0.1, 0.15) is 11.6 Å². The Labute approximate surface area is 259 Å². The molecule has 0 bridgehead atoms. The van der Waals surface area contributed by atoms with Gasteiger partial charge in [-0.1, -0.05) is 29.8 Å². The zero-order valence-electron chi connectivity index (χ0n) is 22.8. The van der Waals surface area contributed by atoms with Crippen LogP contribution in [0.5, 0.6) is 5.75 Å². The molecule has 0 saturated carbocycles. The average molecular weight is 659 g/mol. The predicted molar refractivity (Wildman–Crippen MR) is 172 cm³/mol. The van der Waals surface area contributed by atoms with Gasteiger partial charge in [0.05, 0.1) is 16.4 Å². The van der Waals surface area contributed by atoms with E-state index in [4.69, 9.17) is 4.74 Å². The van der Waals surface area contributed by atoms with Crippen molar-refractivity contribution in [2.75, 3.05) is 17.2 Å². The number of halogens is 2. The monoisotopic (exact) mass is 657 g/mol. The molecule has 1 aromatic heterocycles. The van der Waals surface area contributed by atoms with Crippen molar-refractivity contribution in [1.29, 1.82) is 0 Å². The highest BCUT2D eigenvalue weighted by Gasteiger charge is 2.10. The first-order valence-corrected chi connectivity index (χ1v) is 14.7. The Morgan fingerprint density at radius 3 is 2.42 bits per heavy atom. The number of thiazole rings is 1. The molecule has 4 aromatic carbocycles. The van der Waals surface area contributed by atoms with Crippen LogP contribution in [0.25, 0.3) is 11.3 Å². The van der Waals surface area contributed by atoms with Crippen LogP contribution in [0.2, 0.25) is 0 Å². The van der Waals surface area contributed by atoms with Crippen LogP contribution in [0.15, 0.2) is 106 Å². The molecule has 43 heavy (non-hydrogen) atoms. The van der Waals surface area contributed by atoms with Gasteiger partial charge in [-0.3, -0.25) is 9.59 Å². The van der Waals surface area contributed by atoms with E-state index >= 15 is 0 Å².